The zero-order valence-electron chi connectivity index (χ0n) is 12.4. The third-order valence-electron chi connectivity index (χ3n) is 3.93. The number of hydrogen-bond acceptors (Lipinski definition) is 7. The van der Waals surface area contributed by atoms with Crippen LogP contribution in [0.5, 0.6) is 0 Å². The normalized spacial score (nSPS) is 20.9. The molecule has 3 heterocycles. The van der Waals surface area contributed by atoms with Crippen molar-refractivity contribution < 1.29 is 14.2 Å². The minimum absolute atomic E-state index is 0.344. The standard InChI is InChI=1S/C14H22N4O3/c1-19-7-4-15-12-10-13(17-11-16-12)18-5-2-14(3-6-18)20-8-9-21-14/h10-11H,2-9H2,1H3,(H,15,16,17). The molecule has 7 nitrogen and oxygen atoms in total. The largest absolute Gasteiger partial charge is 0.383 e. The number of ether oxygens (including phenoxy) is 3. The van der Waals surface area contributed by atoms with E-state index in [-0.39, 0.29) is 5.79 Å². The number of methoxy groups -OCH3 is 1. The number of anilines is 2. The molecule has 1 aromatic rings. The highest BCUT2D eigenvalue weighted by Crippen LogP contribution is 2.32. The Kier molecular flexibility index (Phi) is 4.52. The molecule has 116 valence electrons. The van der Waals surface area contributed by atoms with Crippen LogP contribution in [0, 0.1) is 0 Å². The first kappa shape index (κ1) is 14.5. The predicted molar refractivity (Wildman–Crippen MR) is 78.5 cm³/mol. The summed E-state index contributed by atoms with van der Waals surface area (Å²) in [5.74, 6) is 1.42. The summed E-state index contributed by atoms with van der Waals surface area (Å²) in [6, 6.07) is 1.98. The third-order valence-corrected chi connectivity index (χ3v) is 3.93. The number of nitrogens with zero attached hydrogens (tertiary/aromatic N) is 3. The van der Waals surface area contributed by atoms with Crippen LogP contribution in [0.4, 0.5) is 11.6 Å². The second-order valence-electron chi connectivity index (χ2n) is 5.28. The van der Waals surface area contributed by atoms with Gasteiger partial charge in [-0.2, -0.15) is 0 Å². The molecule has 7 heteroatoms. The maximum absolute atomic E-state index is 5.75. The van der Waals surface area contributed by atoms with Gasteiger partial charge in [-0.3, -0.25) is 0 Å². The van der Waals surface area contributed by atoms with Crippen molar-refractivity contribution in [1.29, 1.82) is 0 Å². The molecule has 2 aliphatic heterocycles. The molecule has 2 saturated heterocycles. The van der Waals surface area contributed by atoms with Crippen molar-refractivity contribution in [3.63, 3.8) is 0 Å². The Morgan fingerprint density at radius 2 is 2.05 bits per heavy atom. The van der Waals surface area contributed by atoms with Crippen LogP contribution in [-0.2, 0) is 14.2 Å². The van der Waals surface area contributed by atoms with Crippen molar-refractivity contribution in [2.45, 2.75) is 18.6 Å². The molecule has 1 N–H and O–H groups in total. The van der Waals surface area contributed by atoms with Gasteiger partial charge in [0, 0.05) is 45.7 Å². The summed E-state index contributed by atoms with van der Waals surface area (Å²) in [5, 5.41) is 3.22. The first-order valence-corrected chi connectivity index (χ1v) is 7.39. The maximum Gasteiger partial charge on any atom is 0.171 e. The monoisotopic (exact) mass is 294 g/mol. The molecule has 0 radical (unpaired) electrons. The predicted octanol–water partition coefficient (Wildman–Crippen LogP) is 0.878. The van der Waals surface area contributed by atoms with Crippen LogP contribution in [0.3, 0.4) is 0 Å². The van der Waals surface area contributed by atoms with Crippen molar-refractivity contribution in [3.8, 4) is 0 Å². The zero-order valence-corrected chi connectivity index (χ0v) is 12.4. The van der Waals surface area contributed by atoms with E-state index in [1.165, 1.54) is 0 Å². The molecular formula is C14H22N4O3. The number of rotatable bonds is 5. The highest BCUT2D eigenvalue weighted by molar-refractivity contribution is 5.48. The van der Waals surface area contributed by atoms with Gasteiger partial charge in [-0.15, -0.1) is 0 Å². The number of hydrogen-bond donors (Lipinski definition) is 1. The lowest BCUT2D eigenvalue weighted by atomic mass is 10.0. The summed E-state index contributed by atoms with van der Waals surface area (Å²) in [4.78, 5) is 10.8. The quantitative estimate of drug-likeness (QED) is 0.808. The fourth-order valence-electron chi connectivity index (χ4n) is 2.76. The number of piperidine rings is 1. The second-order valence-corrected chi connectivity index (χ2v) is 5.28. The van der Waals surface area contributed by atoms with Crippen molar-refractivity contribution in [2.24, 2.45) is 0 Å². The van der Waals surface area contributed by atoms with E-state index in [1.807, 2.05) is 6.07 Å². The maximum atomic E-state index is 5.75. The summed E-state index contributed by atoms with van der Waals surface area (Å²) in [5.41, 5.74) is 0. The minimum Gasteiger partial charge on any atom is -0.383 e. The van der Waals surface area contributed by atoms with Gasteiger partial charge >= 0.3 is 0 Å². The highest BCUT2D eigenvalue weighted by atomic mass is 16.7. The summed E-state index contributed by atoms with van der Waals surface area (Å²) in [6.07, 6.45) is 3.35. The summed E-state index contributed by atoms with van der Waals surface area (Å²) in [6.45, 7) is 4.57. The zero-order chi connectivity index (χ0) is 14.5. The van der Waals surface area contributed by atoms with Gasteiger partial charge in [0.1, 0.15) is 18.0 Å². The van der Waals surface area contributed by atoms with Crippen LogP contribution in [0.15, 0.2) is 12.4 Å². The summed E-state index contributed by atoms with van der Waals surface area (Å²) >= 11 is 0. The van der Waals surface area contributed by atoms with E-state index in [2.05, 4.69) is 20.2 Å². The Morgan fingerprint density at radius 1 is 1.29 bits per heavy atom. The van der Waals surface area contributed by atoms with Gasteiger partial charge in [0.05, 0.1) is 19.8 Å². The lowest BCUT2D eigenvalue weighted by Crippen LogP contribution is -2.45. The van der Waals surface area contributed by atoms with Gasteiger partial charge in [0.15, 0.2) is 5.79 Å². The Hall–Kier alpha value is -1.44. The summed E-state index contributed by atoms with van der Waals surface area (Å²) in [7, 11) is 1.68. The van der Waals surface area contributed by atoms with Crippen LogP contribution < -0.4 is 10.2 Å². The molecule has 3 rings (SSSR count). The lowest BCUT2D eigenvalue weighted by Gasteiger charge is -2.38. The fraction of sp³-hybridized carbons (Fsp3) is 0.714. The van der Waals surface area contributed by atoms with E-state index < -0.39 is 0 Å². The third kappa shape index (κ3) is 3.42. The van der Waals surface area contributed by atoms with E-state index in [0.717, 1.165) is 44.1 Å². The molecule has 1 spiro atoms. The van der Waals surface area contributed by atoms with Crippen molar-refractivity contribution >= 4 is 11.6 Å². The van der Waals surface area contributed by atoms with Gasteiger partial charge in [-0.25, -0.2) is 9.97 Å². The van der Waals surface area contributed by atoms with Gasteiger partial charge in [-0.05, 0) is 0 Å². The molecule has 0 unspecified atom stereocenters. The van der Waals surface area contributed by atoms with E-state index in [0.29, 0.717) is 19.8 Å². The van der Waals surface area contributed by atoms with E-state index in [4.69, 9.17) is 14.2 Å². The molecule has 0 saturated carbocycles. The average molecular weight is 294 g/mol. The molecule has 0 aromatic carbocycles. The summed E-state index contributed by atoms with van der Waals surface area (Å²) < 4.78 is 16.5. The molecular weight excluding hydrogens is 272 g/mol. The lowest BCUT2D eigenvalue weighted by molar-refractivity contribution is -0.169. The van der Waals surface area contributed by atoms with Crippen LogP contribution in [0.1, 0.15) is 12.8 Å². The van der Waals surface area contributed by atoms with E-state index in [9.17, 15) is 0 Å². The molecule has 0 aliphatic carbocycles. The van der Waals surface area contributed by atoms with Crippen LogP contribution in [0.2, 0.25) is 0 Å². The minimum atomic E-state index is -0.344. The first-order chi connectivity index (χ1) is 10.3. The Bertz CT molecular complexity index is 455. The molecule has 2 aliphatic rings. The van der Waals surface area contributed by atoms with E-state index >= 15 is 0 Å². The highest BCUT2D eigenvalue weighted by Gasteiger charge is 2.40. The van der Waals surface area contributed by atoms with Crippen molar-refractivity contribution in [3.05, 3.63) is 12.4 Å². The topological polar surface area (TPSA) is 68.7 Å². The smallest absolute Gasteiger partial charge is 0.171 e. The second kappa shape index (κ2) is 6.55. The number of aromatic nitrogens is 2. The van der Waals surface area contributed by atoms with Gasteiger partial charge < -0.3 is 24.4 Å². The average Bonchev–Trinajstić information content (AvgIpc) is 2.97. The molecule has 21 heavy (non-hydrogen) atoms. The molecule has 0 bridgehead atoms. The SMILES string of the molecule is COCCNc1cc(N2CCC3(CC2)OCCO3)ncn1. The first-order valence-electron chi connectivity index (χ1n) is 7.39. The van der Waals surface area contributed by atoms with Gasteiger partial charge in [0.2, 0.25) is 0 Å². The molecule has 0 amide bonds. The Balaban J connectivity index is 1.58. The molecule has 1 aromatic heterocycles. The number of nitrogens with one attached hydrogen (secondary N) is 1. The van der Waals surface area contributed by atoms with Crippen LogP contribution >= 0.6 is 0 Å². The van der Waals surface area contributed by atoms with Crippen molar-refractivity contribution in [2.75, 3.05) is 56.8 Å². The van der Waals surface area contributed by atoms with Crippen molar-refractivity contribution in [1.82, 2.24) is 9.97 Å². The van der Waals surface area contributed by atoms with Gasteiger partial charge in [-0.1, -0.05) is 0 Å². The van der Waals surface area contributed by atoms with Crippen LogP contribution in [-0.4, -0.2) is 62.3 Å². The fourth-order valence-corrected chi connectivity index (χ4v) is 2.76. The van der Waals surface area contributed by atoms with Gasteiger partial charge in [0.25, 0.3) is 0 Å². The molecule has 0 atom stereocenters. The van der Waals surface area contributed by atoms with Crippen LogP contribution in [0.25, 0.3) is 0 Å². The Morgan fingerprint density at radius 3 is 2.76 bits per heavy atom. The Labute approximate surface area is 124 Å². The van der Waals surface area contributed by atoms with E-state index in [1.54, 1.807) is 13.4 Å². The molecule has 2 fully saturated rings.